The molecule has 0 saturated carbocycles. The van der Waals surface area contributed by atoms with E-state index in [1.807, 2.05) is 30.3 Å². The van der Waals surface area contributed by atoms with E-state index in [-0.39, 0.29) is 12.1 Å². The van der Waals surface area contributed by atoms with Crippen LogP contribution in [-0.4, -0.2) is 6.71 Å². The molecule has 0 amide bonds. The van der Waals surface area contributed by atoms with E-state index in [2.05, 4.69) is 254 Å². The van der Waals surface area contributed by atoms with Gasteiger partial charge in [0.05, 0.1) is 0 Å². The molecule has 0 N–H and O–H groups in total. The van der Waals surface area contributed by atoms with Crippen molar-refractivity contribution in [1.82, 2.24) is 0 Å². The zero-order valence-electron chi connectivity index (χ0n) is 39.0. The first-order valence-corrected chi connectivity index (χ1v) is 23.9. The molecule has 2 aliphatic rings. The molecule has 10 aromatic carbocycles. The number of ether oxygens (including phenoxy) is 1. The third kappa shape index (κ3) is 7.72. The van der Waals surface area contributed by atoms with E-state index in [0.29, 0.717) is 0 Å². The van der Waals surface area contributed by atoms with Gasteiger partial charge in [-0.25, -0.2) is 0 Å². The monoisotopic (exact) mass is 887 g/mol. The molecule has 69 heavy (non-hydrogen) atoms. The largest absolute Gasteiger partial charge is 0.457 e. The van der Waals surface area contributed by atoms with Crippen LogP contribution in [0, 0.1) is 0 Å². The van der Waals surface area contributed by atoms with E-state index in [9.17, 15) is 0 Å². The summed E-state index contributed by atoms with van der Waals surface area (Å²) in [6.45, 7) is 6.72. The molecule has 12 rings (SSSR count). The van der Waals surface area contributed by atoms with Gasteiger partial charge in [0.1, 0.15) is 11.5 Å². The van der Waals surface area contributed by atoms with E-state index in [4.69, 9.17) is 4.74 Å². The number of rotatable bonds is 9. The number of anilines is 9. The lowest BCUT2D eigenvalue weighted by molar-refractivity contribution is 0.483. The molecule has 2 aliphatic heterocycles. The van der Waals surface area contributed by atoms with Gasteiger partial charge in [-0.1, -0.05) is 178 Å². The van der Waals surface area contributed by atoms with Crippen molar-refractivity contribution in [3.8, 4) is 33.8 Å². The molecule has 2 heterocycles. The van der Waals surface area contributed by atoms with Crippen LogP contribution in [0.5, 0.6) is 11.5 Å². The third-order valence-corrected chi connectivity index (χ3v) is 13.6. The predicted octanol–water partition coefficient (Wildman–Crippen LogP) is 15.7. The predicted molar refractivity (Wildman–Crippen MR) is 291 cm³/mol. The van der Waals surface area contributed by atoms with Gasteiger partial charge in [-0.2, -0.15) is 0 Å². The van der Waals surface area contributed by atoms with Crippen LogP contribution in [0.4, 0.5) is 51.2 Å². The quantitative estimate of drug-likeness (QED) is 0.134. The van der Waals surface area contributed by atoms with Crippen LogP contribution in [0.15, 0.2) is 249 Å². The fraction of sp³-hybridized carbons (Fsp3) is 0.0625. The highest BCUT2D eigenvalue weighted by atomic mass is 16.5. The minimum absolute atomic E-state index is 0.0121. The molecule has 0 spiro atoms. The molecule has 0 saturated heterocycles. The number of hydrogen-bond acceptors (Lipinski definition) is 4. The Hall–Kier alpha value is -8.54. The van der Waals surface area contributed by atoms with E-state index < -0.39 is 0 Å². The average Bonchev–Trinajstić information content (AvgIpc) is 3.40. The maximum atomic E-state index is 6.92. The Balaban J connectivity index is 1.15. The van der Waals surface area contributed by atoms with Gasteiger partial charge in [-0.3, -0.25) is 0 Å². The van der Waals surface area contributed by atoms with Crippen molar-refractivity contribution in [1.29, 1.82) is 0 Å². The van der Waals surface area contributed by atoms with Crippen molar-refractivity contribution in [2.24, 2.45) is 0 Å². The van der Waals surface area contributed by atoms with Crippen LogP contribution in [0.2, 0.25) is 0 Å². The average molecular weight is 888 g/mol. The summed E-state index contributed by atoms with van der Waals surface area (Å²) in [6, 6.07) is 89.8. The Labute approximate surface area is 406 Å². The molecule has 0 atom stereocenters. The van der Waals surface area contributed by atoms with Crippen LogP contribution in [0.25, 0.3) is 22.3 Å². The molecule has 330 valence electrons. The molecular formula is C64H50BN3O. The van der Waals surface area contributed by atoms with Gasteiger partial charge >= 0.3 is 0 Å². The Bertz CT molecular complexity index is 3390. The highest BCUT2D eigenvalue weighted by Crippen LogP contribution is 2.48. The summed E-state index contributed by atoms with van der Waals surface area (Å²) in [5.41, 5.74) is 19.5. The van der Waals surface area contributed by atoms with Gasteiger partial charge in [0.25, 0.3) is 6.71 Å². The Morgan fingerprint density at radius 2 is 0.841 bits per heavy atom. The van der Waals surface area contributed by atoms with Crippen LogP contribution in [0.1, 0.15) is 26.3 Å². The highest BCUT2D eigenvalue weighted by Gasteiger charge is 2.44. The summed E-state index contributed by atoms with van der Waals surface area (Å²) in [5, 5.41) is 0. The van der Waals surface area contributed by atoms with Crippen molar-refractivity contribution in [2.45, 2.75) is 26.2 Å². The third-order valence-electron chi connectivity index (χ3n) is 13.6. The molecule has 0 aromatic heterocycles. The van der Waals surface area contributed by atoms with E-state index in [1.54, 1.807) is 0 Å². The van der Waals surface area contributed by atoms with Gasteiger partial charge in [0.2, 0.25) is 0 Å². The van der Waals surface area contributed by atoms with Crippen molar-refractivity contribution in [3.63, 3.8) is 0 Å². The number of para-hydroxylation sites is 3. The van der Waals surface area contributed by atoms with Crippen molar-refractivity contribution in [2.75, 3.05) is 14.7 Å². The standard InChI is InChI=1S/C64H50BN3O/c1-64(2,3)49-32-36-53(37-33-49)68-60-42-54(66(50-23-13-6-14-24-50)51-25-15-7-16-26-51)38-39-57(60)65-58-41-48(46-21-11-5-12-22-46)31-40-59(58)67(52-34-29-47(30-35-52)45-19-9-4-10-20-45)61-43-56(44-62(68)63(61)65)69-55-27-17-8-18-28-55/h4-44H,1-3H3. The van der Waals surface area contributed by atoms with Crippen LogP contribution in [0.3, 0.4) is 0 Å². The summed E-state index contributed by atoms with van der Waals surface area (Å²) in [5.74, 6) is 1.54. The molecule has 0 fully saturated rings. The molecule has 10 aromatic rings. The SMILES string of the molecule is CC(C)(C)c1ccc(N2c3cc(N(c4ccccc4)c4ccccc4)ccc3B3c4cc(-c5ccccc5)ccc4N(c4ccc(-c5ccccc5)cc4)c4cc(Oc5ccccc5)cc2c43)cc1. The summed E-state index contributed by atoms with van der Waals surface area (Å²) in [4.78, 5) is 7.30. The van der Waals surface area contributed by atoms with Gasteiger partial charge in [0.15, 0.2) is 0 Å². The first-order chi connectivity index (χ1) is 33.9. The number of nitrogens with zero attached hydrogens (tertiary/aromatic N) is 3. The summed E-state index contributed by atoms with van der Waals surface area (Å²) in [7, 11) is 0. The fourth-order valence-electron chi connectivity index (χ4n) is 10.3. The lowest BCUT2D eigenvalue weighted by Crippen LogP contribution is -2.61. The number of hydrogen-bond donors (Lipinski definition) is 0. The minimum atomic E-state index is -0.115. The Morgan fingerprint density at radius 3 is 1.41 bits per heavy atom. The molecule has 0 bridgehead atoms. The normalized spacial score (nSPS) is 12.5. The molecular weight excluding hydrogens is 838 g/mol. The number of benzene rings is 10. The second kappa shape index (κ2) is 17.3. The van der Waals surface area contributed by atoms with Gasteiger partial charge < -0.3 is 19.4 Å². The Kier molecular flexibility index (Phi) is 10.5. The van der Waals surface area contributed by atoms with Gasteiger partial charge in [-0.05, 0) is 128 Å². The van der Waals surface area contributed by atoms with Gasteiger partial charge in [0, 0.05) is 63.3 Å². The summed E-state index contributed by atoms with van der Waals surface area (Å²) < 4.78 is 6.92. The molecule has 0 radical (unpaired) electrons. The van der Waals surface area contributed by atoms with Gasteiger partial charge in [-0.15, -0.1) is 0 Å². The molecule has 0 unspecified atom stereocenters. The molecule has 0 aliphatic carbocycles. The number of fused-ring (bicyclic) bond motifs is 4. The first kappa shape index (κ1) is 41.9. The zero-order chi connectivity index (χ0) is 46.5. The molecule has 4 nitrogen and oxygen atoms in total. The maximum absolute atomic E-state index is 6.92. The van der Waals surface area contributed by atoms with Crippen molar-refractivity contribution >= 4 is 74.3 Å². The van der Waals surface area contributed by atoms with Crippen LogP contribution in [-0.2, 0) is 5.41 Å². The first-order valence-electron chi connectivity index (χ1n) is 23.9. The zero-order valence-corrected chi connectivity index (χ0v) is 39.0. The maximum Gasteiger partial charge on any atom is 0.252 e. The molecule has 5 heteroatoms. The second-order valence-electron chi connectivity index (χ2n) is 19.0. The van der Waals surface area contributed by atoms with Crippen molar-refractivity contribution in [3.05, 3.63) is 254 Å². The van der Waals surface area contributed by atoms with E-state index in [0.717, 1.165) is 62.7 Å². The Morgan fingerprint density at radius 1 is 0.362 bits per heavy atom. The summed E-state index contributed by atoms with van der Waals surface area (Å²) >= 11 is 0. The van der Waals surface area contributed by atoms with Crippen molar-refractivity contribution < 1.29 is 4.74 Å². The van der Waals surface area contributed by atoms with Crippen LogP contribution < -0.4 is 35.8 Å². The minimum Gasteiger partial charge on any atom is -0.457 e. The lowest BCUT2D eigenvalue weighted by atomic mass is 9.33. The van der Waals surface area contributed by atoms with E-state index >= 15 is 0 Å². The topological polar surface area (TPSA) is 19.0 Å². The summed E-state index contributed by atoms with van der Waals surface area (Å²) in [6.07, 6.45) is 0. The lowest BCUT2D eigenvalue weighted by Gasteiger charge is -2.44. The highest BCUT2D eigenvalue weighted by molar-refractivity contribution is 7.00. The second-order valence-corrected chi connectivity index (χ2v) is 19.0. The van der Waals surface area contributed by atoms with Crippen LogP contribution >= 0.6 is 0 Å². The fourth-order valence-corrected chi connectivity index (χ4v) is 10.3. The smallest absolute Gasteiger partial charge is 0.252 e. The van der Waals surface area contributed by atoms with E-state index in [1.165, 1.54) is 44.2 Å².